The molecule has 6 nitrogen and oxygen atoms in total. The number of nitrogens with zero attached hydrogens (tertiary/aromatic N) is 2. The molecule has 0 saturated heterocycles. The first-order chi connectivity index (χ1) is 14.6. The third-order valence-corrected chi connectivity index (χ3v) is 5.13. The van der Waals surface area contributed by atoms with Gasteiger partial charge in [0.2, 0.25) is 0 Å². The van der Waals surface area contributed by atoms with E-state index in [2.05, 4.69) is 0 Å². The lowest BCUT2D eigenvalue weighted by Crippen LogP contribution is -2.45. The molecule has 1 aromatic heterocycles. The van der Waals surface area contributed by atoms with E-state index in [1.54, 1.807) is 48.5 Å². The molecule has 0 fully saturated rings. The Bertz CT molecular complexity index is 1310. The van der Waals surface area contributed by atoms with E-state index >= 15 is 0 Å². The molecule has 6 heteroatoms. The lowest BCUT2D eigenvalue weighted by atomic mass is 10.1. The van der Waals surface area contributed by atoms with E-state index in [-0.39, 0.29) is 13.0 Å². The molecule has 150 valence electrons. The third kappa shape index (κ3) is 3.67. The molecular formula is C24H20N2O4. The zero-order chi connectivity index (χ0) is 21.1. The molecule has 1 heterocycles. The molecule has 1 N–H and O–H groups in total. The zero-order valence-electron chi connectivity index (χ0n) is 16.1. The predicted molar refractivity (Wildman–Crippen MR) is 115 cm³/mol. The number of carbonyl (C=O) groups is 1. The van der Waals surface area contributed by atoms with Gasteiger partial charge in [-0.1, -0.05) is 72.8 Å². The van der Waals surface area contributed by atoms with Crippen LogP contribution in [0.2, 0.25) is 0 Å². The fraction of sp³-hybridized carbons (Fsp3) is 0.125. The Morgan fingerprint density at radius 2 is 1.37 bits per heavy atom. The fourth-order valence-corrected chi connectivity index (χ4v) is 3.66. The number of rotatable bonds is 6. The Balaban J connectivity index is 1.94. The highest BCUT2D eigenvalue weighted by atomic mass is 16.4. The lowest BCUT2D eigenvalue weighted by molar-refractivity contribution is -0.141. The fourth-order valence-electron chi connectivity index (χ4n) is 3.66. The highest BCUT2D eigenvalue weighted by Gasteiger charge is 2.26. The largest absolute Gasteiger partial charge is 0.480 e. The van der Waals surface area contributed by atoms with E-state index in [4.69, 9.17) is 0 Å². The van der Waals surface area contributed by atoms with Crippen molar-refractivity contribution in [1.29, 1.82) is 0 Å². The molecule has 1 atom stereocenters. The minimum Gasteiger partial charge on any atom is -0.480 e. The summed E-state index contributed by atoms with van der Waals surface area (Å²) in [7, 11) is 0. The van der Waals surface area contributed by atoms with E-state index in [1.807, 2.05) is 36.4 Å². The SMILES string of the molecule is O=C(O)[C@H](Cc1ccccc1)n1c(=O)c2ccccc2n(Cc2ccccc2)c1=O. The first-order valence-corrected chi connectivity index (χ1v) is 9.61. The second-order valence-corrected chi connectivity index (χ2v) is 7.09. The smallest absolute Gasteiger partial charge is 0.332 e. The Morgan fingerprint density at radius 3 is 2.00 bits per heavy atom. The van der Waals surface area contributed by atoms with Crippen LogP contribution in [0.1, 0.15) is 17.2 Å². The highest BCUT2D eigenvalue weighted by molar-refractivity contribution is 5.79. The molecule has 0 unspecified atom stereocenters. The molecule has 0 saturated carbocycles. The summed E-state index contributed by atoms with van der Waals surface area (Å²) in [6, 6.07) is 23.9. The number of carboxylic acid groups (broad SMARTS) is 1. The van der Waals surface area contributed by atoms with Crippen LogP contribution in [-0.4, -0.2) is 20.2 Å². The van der Waals surface area contributed by atoms with E-state index in [1.165, 1.54) is 4.57 Å². The highest BCUT2D eigenvalue weighted by Crippen LogP contribution is 2.15. The Morgan fingerprint density at radius 1 is 0.800 bits per heavy atom. The van der Waals surface area contributed by atoms with Crippen molar-refractivity contribution in [3.05, 3.63) is 117 Å². The van der Waals surface area contributed by atoms with Gasteiger partial charge in [-0.2, -0.15) is 0 Å². The Kier molecular flexibility index (Phi) is 5.30. The van der Waals surface area contributed by atoms with Crippen molar-refractivity contribution in [3.63, 3.8) is 0 Å². The standard InChI is InChI=1S/C24H20N2O4/c27-22-19-13-7-8-14-20(19)25(16-18-11-5-2-6-12-18)24(30)26(22)21(23(28)29)15-17-9-3-1-4-10-17/h1-14,21H,15-16H2,(H,28,29)/t21-/m0/s1. The van der Waals surface area contributed by atoms with Crippen LogP contribution in [0, 0.1) is 0 Å². The lowest BCUT2D eigenvalue weighted by Gasteiger charge is -2.19. The molecule has 0 spiro atoms. The molecule has 0 bridgehead atoms. The van der Waals surface area contributed by atoms with Crippen molar-refractivity contribution in [2.24, 2.45) is 0 Å². The van der Waals surface area contributed by atoms with Crippen molar-refractivity contribution in [1.82, 2.24) is 9.13 Å². The van der Waals surface area contributed by atoms with Gasteiger partial charge in [-0.3, -0.25) is 9.36 Å². The molecule has 3 aromatic carbocycles. The summed E-state index contributed by atoms with van der Waals surface area (Å²) in [6.45, 7) is 0.234. The number of hydrogen-bond donors (Lipinski definition) is 1. The quantitative estimate of drug-likeness (QED) is 0.539. The van der Waals surface area contributed by atoms with Gasteiger partial charge in [0.1, 0.15) is 6.04 Å². The summed E-state index contributed by atoms with van der Waals surface area (Å²) in [5.41, 5.74) is 0.870. The summed E-state index contributed by atoms with van der Waals surface area (Å²) >= 11 is 0. The number of hydrogen-bond acceptors (Lipinski definition) is 3. The van der Waals surface area contributed by atoms with Crippen LogP contribution < -0.4 is 11.2 Å². The molecule has 0 radical (unpaired) electrons. The van der Waals surface area contributed by atoms with E-state index in [0.29, 0.717) is 10.9 Å². The van der Waals surface area contributed by atoms with E-state index in [9.17, 15) is 19.5 Å². The van der Waals surface area contributed by atoms with Gasteiger partial charge in [0.25, 0.3) is 5.56 Å². The van der Waals surface area contributed by atoms with Gasteiger partial charge in [0.05, 0.1) is 17.4 Å². The normalized spacial score (nSPS) is 12.0. The predicted octanol–water partition coefficient (Wildman–Crippen LogP) is 3.08. The van der Waals surface area contributed by atoms with Gasteiger partial charge in [-0.05, 0) is 23.3 Å². The van der Waals surface area contributed by atoms with Crippen LogP contribution in [0.15, 0.2) is 94.5 Å². The monoisotopic (exact) mass is 400 g/mol. The van der Waals surface area contributed by atoms with E-state index < -0.39 is 23.3 Å². The summed E-state index contributed by atoms with van der Waals surface area (Å²) in [5.74, 6) is -1.22. The van der Waals surface area contributed by atoms with Gasteiger partial charge in [-0.25, -0.2) is 14.2 Å². The summed E-state index contributed by atoms with van der Waals surface area (Å²) < 4.78 is 2.34. The van der Waals surface area contributed by atoms with Crippen molar-refractivity contribution in [3.8, 4) is 0 Å². The zero-order valence-corrected chi connectivity index (χ0v) is 16.1. The van der Waals surface area contributed by atoms with Crippen molar-refractivity contribution in [2.75, 3.05) is 0 Å². The summed E-state index contributed by atoms with van der Waals surface area (Å²) in [6.07, 6.45) is 0.0367. The second kappa shape index (κ2) is 8.21. The van der Waals surface area contributed by atoms with Crippen LogP contribution in [0.3, 0.4) is 0 Å². The van der Waals surface area contributed by atoms with Crippen LogP contribution >= 0.6 is 0 Å². The van der Waals surface area contributed by atoms with Crippen LogP contribution in [0.25, 0.3) is 10.9 Å². The number of para-hydroxylation sites is 1. The van der Waals surface area contributed by atoms with Gasteiger partial charge in [-0.15, -0.1) is 0 Å². The van der Waals surface area contributed by atoms with Gasteiger partial charge in [0, 0.05) is 6.42 Å². The van der Waals surface area contributed by atoms with Gasteiger partial charge < -0.3 is 5.11 Å². The summed E-state index contributed by atoms with van der Waals surface area (Å²) in [5, 5.41) is 10.2. The number of carboxylic acids is 1. The minimum atomic E-state index is -1.31. The second-order valence-electron chi connectivity index (χ2n) is 7.09. The molecule has 30 heavy (non-hydrogen) atoms. The van der Waals surface area contributed by atoms with Gasteiger partial charge >= 0.3 is 11.7 Å². The van der Waals surface area contributed by atoms with Crippen molar-refractivity contribution in [2.45, 2.75) is 19.0 Å². The molecule has 0 aliphatic heterocycles. The van der Waals surface area contributed by atoms with Crippen LogP contribution in [0.5, 0.6) is 0 Å². The molecule has 4 aromatic rings. The van der Waals surface area contributed by atoms with E-state index in [0.717, 1.165) is 15.7 Å². The summed E-state index contributed by atoms with van der Waals surface area (Å²) in [4.78, 5) is 38.7. The molecule has 4 rings (SSSR count). The Hall–Kier alpha value is -3.93. The molecular weight excluding hydrogens is 380 g/mol. The average Bonchev–Trinajstić information content (AvgIpc) is 2.77. The van der Waals surface area contributed by atoms with Crippen LogP contribution in [0.4, 0.5) is 0 Å². The number of aliphatic carboxylic acids is 1. The maximum absolute atomic E-state index is 13.4. The number of fused-ring (bicyclic) bond motifs is 1. The first kappa shape index (κ1) is 19.4. The molecule has 0 aliphatic carbocycles. The number of aromatic nitrogens is 2. The van der Waals surface area contributed by atoms with Crippen LogP contribution in [-0.2, 0) is 17.8 Å². The topological polar surface area (TPSA) is 81.3 Å². The Labute approximate surface area is 172 Å². The maximum atomic E-state index is 13.4. The van der Waals surface area contributed by atoms with Gasteiger partial charge in [0.15, 0.2) is 0 Å². The van der Waals surface area contributed by atoms with Crippen molar-refractivity contribution < 1.29 is 9.90 Å². The molecule has 0 aliphatic rings. The third-order valence-electron chi connectivity index (χ3n) is 5.13. The first-order valence-electron chi connectivity index (χ1n) is 9.61. The maximum Gasteiger partial charge on any atom is 0.332 e. The molecule has 0 amide bonds. The minimum absolute atomic E-state index is 0.0367. The average molecular weight is 400 g/mol. The number of benzene rings is 3. The van der Waals surface area contributed by atoms with Crippen molar-refractivity contribution >= 4 is 16.9 Å².